The maximum absolute atomic E-state index is 9.86. The highest BCUT2D eigenvalue weighted by Gasteiger charge is 2.08. The minimum atomic E-state index is -0.446. The molecule has 0 aliphatic rings. The second-order valence-corrected chi connectivity index (χ2v) is 3.83. The molecule has 0 fully saturated rings. The first kappa shape index (κ1) is 9.37. The fraction of sp³-hybridized carbons (Fsp3) is 0.182. The van der Waals surface area contributed by atoms with Crippen LogP contribution in [0.1, 0.15) is 17.4 Å². The Hall–Kier alpha value is -1.19. The van der Waals surface area contributed by atoms with Crippen molar-refractivity contribution in [2.45, 2.75) is 12.5 Å². The quantitative estimate of drug-likeness (QED) is 0.834. The van der Waals surface area contributed by atoms with Gasteiger partial charge in [-0.15, -0.1) is 11.3 Å². The molecule has 0 bridgehead atoms. The normalized spacial score (nSPS) is 12.6. The first-order valence-corrected chi connectivity index (χ1v) is 5.40. The number of hydrogen-bond donors (Lipinski definition) is 1. The van der Waals surface area contributed by atoms with Gasteiger partial charge < -0.3 is 5.11 Å². The molecule has 0 radical (unpaired) electrons. The highest BCUT2D eigenvalue weighted by molar-refractivity contribution is 7.07. The summed E-state index contributed by atoms with van der Waals surface area (Å²) in [4.78, 5) is 4.14. The van der Waals surface area contributed by atoms with E-state index < -0.39 is 6.10 Å². The van der Waals surface area contributed by atoms with E-state index in [9.17, 15) is 5.11 Å². The third-order valence-electron chi connectivity index (χ3n) is 2.07. The Morgan fingerprint density at radius 1 is 1.29 bits per heavy atom. The summed E-state index contributed by atoms with van der Waals surface area (Å²) >= 11 is 1.55. The molecule has 0 aliphatic heterocycles. The number of aliphatic hydroxyl groups excluding tert-OH is 1. The SMILES string of the molecule is OC(Cc1cscn1)c1ccccc1. The molecule has 14 heavy (non-hydrogen) atoms. The van der Waals surface area contributed by atoms with Gasteiger partial charge in [-0.25, -0.2) is 4.98 Å². The summed E-state index contributed by atoms with van der Waals surface area (Å²) in [7, 11) is 0. The number of aromatic nitrogens is 1. The predicted molar refractivity (Wildman–Crippen MR) is 57.2 cm³/mol. The maximum Gasteiger partial charge on any atom is 0.0845 e. The molecule has 1 atom stereocenters. The van der Waals surface area contributed by atoms with E-state index in [4.69, 9.17) is 0 Å². The number of hydrogen-bond acceptors (Lipinski definition) is 3. The number of rotatable bonds is 3. The summed E-state index contributed by atoms with van der Waals surface area (Å²) in [5, 5.41) is 11.8. The van der Waals surface area contributed by atoms with Crippen molar-refractivity contribution in [3.63, 3.8) is 0 Å². The molecule has 1 aromatic heterocycles. The summed E-state index contributed by atoms with van der Waals surface area (Å²) in [6.45, 7) is 0. The van der Waals surface area contributed by atoms with Crippen LogP contribution in [0.25, 0.3) is 0 Å². The van der Waals surface area contributed by atoms with Crippen LogP contribution >= 0.6 is 11.3 Å². The van der Waals surface area contributed by atoms with Crippen LogP contribution in [0.2, 0.25) is 0 Å². The zero-order valence-corrected chi connectivity index (χ0v) is 8.45. The fourth-order valence-corrected chi connectivity index (χ4v) is 1.90. The number of nitrogens with zero attached hydrogens (tertiary/aromatic N) is 1. The van der Waals surface area contributed by atoms with Gasteiger partial charge in [-0.1, -0.05) is 30.3 Å². The molecule has 2 rings (SSSR count). The van der Waals surface area contributed by atoms with Crippen molar-refractivity contribution in [2.75, 3.05) is 0 Å². The van der Waals surface area contributed by atoms with Gasteiger partial charge in [0.25, 0.3) is 0 Å². The molecule has 1 N–H and O–H groups in total. The van der Waals surface area contributed by atoms with Crippen molar-refractivity contribution in [3.05, 3.63) is 52.5 Å². The molecule has 0 saturated heterocycles. The summed E-state index contributed by atoms with van der Waals surface area (Å²) in [5.41, 5.74) is 3.68. The third kappa shape index (κ3) is 2.19. The van der Waals surface area contributed by atoms with Crippen LogP contribution in [0.15, 0.2) is 41.2 Å². The van der Waals surface area contributed by atoms with Crippen LogP contribution in [0.5, 0.6) is 0 Å². The Morgan fingerprint density at radius 2 is 2.07 bits per heavy atom. The van der Waals surface area contributed by atoms with E-state index >= 15 is 0 Å². The van der Waals surface area contributed by atoms with Crippen molar-refractivity contribution in [3.8, 4) is 0 Å². The number of aliphatic hydroxyl groups is 1. The molecule has 0 spiro atoms. The highest BCUT2D eigenvalue weighted by Crippen LogP contribution is 2.17. The van der Waals surface area contributed by atoms with Crippen LogP contribution < -0.4 is 0 Å². The Bertz CT molecular complexity index is 371. The van der Waals surface area contributed by atoms with E-state index in [-0.39, 0.29) is 0 Å². The van der Waals surface area contributed by atoms with Crippen molar-refractivity contribution in [2.24, 2.45) is 0 Å². The van der Waals surface area contributed by atoms with Crippen molar-refractivity contribution in [1.29, 1.82) is 0 Å². The lowest BCUT2D eigenvalue weighted by atomic mass is 10.1. The monoisotopic (exact) mass is 205 g/mol. The molecular formula is C11H11NOS. The van der Waals surface area contributed by atoms with Crippen molar-refractivity contribution < 1.29 is 5.11 Å². The zero-order chi connectivity index (χ0) is 9.80. The van der Waals surface area contributed by atoms with E-state index in [1.807, 2.05) is 35.7 Å². The molecule has 72 valence electrons. The van der Waals surface area contributed by atoms with Gasteiger partial charge in [0.1, 0.15) is 0 Å². The van der Waals surface area contributed by atoms with Gasteiger partial charge in [0.15, 0.2) is 0 Å². The third-order valence-corrected chi connectivity index (χ3v) is 2.71. The molecule has 2 nitrogen and oxygen atoms in total. The van der Waals surface area contributed by atoms with E-state index in [1.54, 1.807) is 16.8 Å². The average Bonchev–Trinajstić information content (AvgIpc) is 2.72. The summed E-state index contributed by atoms with van der Waals surface area (Å²) < 4.78 is 0. The van der Waals surface area contributed by atoms with E-state index in [0.717, 1.165) is 11.3 Å². The second kappa shape index (κ2) is 4.35. The van der Waals surface area contributed by atoms with Gasteiger partial charge in [-0.3, -0.25) is 0 Å². The van der Waals surface area contributed by atoms with Gasteiger partial charge >= 0.3 is 0 Å². The Balaban J connectivity index is 2.07. The van der Waals surface area contributed by atoms with E-state index in [2.05, 4.69) is 4.98 Å². The molecule has 1 aromatic carbocycles. The Kier molecular flexibility index (Phi) is 2.91. The lowest BCUT2D eigenvalue weighted by Gasteiger charge is -2.08. The van der Waals surface area contributed by atoms with Crippen LogP contribution in [0.4, 0.5) is 0 Å². The summed E-state index contributed by atoms with van der Waals surface area (Å²) in [5.74, 6) is 0. The second-order valence-electron chi connectivity index (χ2n) is 3.11. The smallest absolute Gasteiger partial charge is 0.0845 e. The van der Waals surface area contributed by atoms with Crippen LogP contribution in [0.3, 0.4) is 0 Å². The van der Waals surface area contributed by atoms with Gasteiger partial charge in [0, 0.05) is 11.8 Å². The van der Waals surface area contributed by atoms with Gasteiger partial charge in [-0.2, -0.15) is 0 Å². The molecule has 0 amide bonds. The van der Waals surface area contributed by atoms with Crippen molar-refractivity contribution >= 4 is 11.3 Å². The fourth-order valence-electron chi connectivity index (χ4n) is 1.33. The largest absolute Gasteiger partial charge is 0.388 e. The highest BCUT2D eigenvalue weighted by atomic mass is 32.1. The zero-order valence-electron chi connectivity index (χ0n) is 7.63. The molecule has 0 saturated carbocycles. The lowest BCUT2D eigenvalue weighted by Crippen LogP contribution is -2.01. The Morgan fingerprint density at radius 3 is 2.71 bits per heavy atom. The topological polar surface area (TPSA) is 33.1 Å². The molecule has 3 heteroatoms. The minimum absolute atomic E-state index is 0.446. The van der Waals surface area contributed by atoms with Crippen molar-refractivity contribution in [1.82, 2.24) is 4.98 Å². The number of benzene rings is 1. The molecule has 2 aromatic rings. The first-order chi connectivity index (χ1) is 6.86. The average molecular weight is 205 g/mol. The van der Waals surface area contributed by atoms with Gasteiger partial charge in [-0.05, 0) is 5.56 Å². The maximum atomic E-state index is 9.86. The van der Waals surface area contributed by atoms with E-state index in [1.165, 1.54) is 0 Å². The van der Waals surface area contributed by atoms with E-state index in [0.29, 0.717) is 6.42 Å². The standard InChI is InChI=1S/C11H11NOS/c13-11(6-10-7-14-8-12-10)9-4-2-1-3-5-9/h1-5,7-8,11,13H,6H2. The van der Waals surface area contributed by atoms with Crippen LogP contribution in [0, 0.1) is 0 Å². The van der Waals surface area contributed by atoms with Crippen LogP contribution in [-0.2, 0) is 6.42 Å². The molecule has 0 aliphatic carbocycles. The summed E-state index contributed by atoms with van der Waals surface area (Å²) in [6, 6.07) is 9.66. The number of thiazole rings is 1. The van der Waals surface area contributed by atoms with Crippen LogP contribution in [-0.4, -0.2) is 10.1 Å². The molecule has 1 unspecified atom stereocenters. The molecule has 1 heterocycles. The Labute approximate surface area is 86.9 Å². The lowest BCUT2D eigenvalue weighted by molar-refractivity contribution is 0.177. The van der Waals surface area contributed by atoms with Gasteiger partial charge in [0.2, 0.25) is 0 Å². The minimum Gasteiger partial charge on any atom is -0.388 e. The van der Waals surface area contributed by atoms with Gasteiger partial charge in [0.05, 0.1) is 17.3 Å². The predicted octanol–water partition coefficient (Wildman–Crippen LogP) is 2.42. The first-order valence-electron chi connectivity index (χ1n) is 4.46. The molecular weight excluding hydrogens is 194 g/mol. The summed E-state index contributed by atoms with van der Waals surface area (Å²) in [6.07, 6.45) is 0.145.